The third kappa shape index (κ3) is 4.83. The fourth-order valence-electron chi connectivity index (χ4n) is 3.48. The minimum Gasteiger partial charge on any atom is -0.350 e. The second-order valence-corrected chi connectivity index (χ2v) is 7.11. The van der Waals surface area contributed by atoms with Gasteiger partial charge >= 0.3 is 0 Å². The van der Waals surface area contributed by atoms with Crippen molar-refractivity contribution in [2.24, 2.45) is 0 Å². The average Bonchev–Trinajstić information content (AvgIpc) is 2.93. The van der Waals surface area contributed by atoms with Gasteiger partial charge in [-0.1, -0.05) is 42.6 Å². The topological polar surface area (TPSA) is 32.3 Å². The molecular weight excluding hydrogens is 351 g/mol. The van der Waals surface area contributed by atoms with Gasteiger partial charge in [0.2, 0.25) is 0 Å². The minimum atomic E-state index is -0.347. The second-order valence-electron chi connectivity index (χ2n) is 6.70. The van der Waals surface area contributed by atoms with E-state index >= 15 is 0 Å². The van der Waals surface area contributed by atoms with Gasteiger partial charge in [0, 0.05) is 17.1 Å². The summed E-state index contributed by atoms with van der Waals surface area (Å²) in [6, 6.07) is 13.5. The molecule has 0 bridgehead atoms. The third-order valence-corrected chi connectivity index (χ3v) is 5.25. The molecule has 3 nitrogen and oxygen atoms in total. The molecule has 1 aliphatic rings. The van der Waals surface area contributed by atoms with Gasteiger partial charge in [-0.2, -0.15) is 0 Å². The Morgan fingerprint density at radius 3 is 2.35 bits per heavy atom. The maximum absolute atomic E-state index is 13.1. The summed E-state index contributed by atoms with van der Waals surface area (Å²) >= 11 is 6.45. The van der Waals surface area contributed by atoms with Crippen molar-refractivity contribution in [2.75, 3.05) is 19.6 Å². The van der Waals surface area contributed by atoms with Crippen LogP contribution in [0.3, 0.4) is 0 Å². The van der Waals surface area contributed by atoms with E-state index in [1.165, 1.54) is 37.1 Å². The summed E-state index contributed by atoms with van der Waals surface area (Å²) < 4.78 is 13.1. The molecule has 1 aliphatic heterocycles. The number of likely N-dealkylation sites (tertiary alicyclic amines) is 1. The van der Waals surface area contributed by atoms with Crippen molar-refractivity contribution in [3.05, 3.63) is 70.5 Å². The molecule has 0 aromatic heterocycles. The molecule has 1 atom stereocenters. The fraction of sp³-hybridized carbons (Fsp3) is 0.381. The normalized spacial score (nSPS) is 16.7. The monoisotopic (exact) mass is 374 g/mol. The molecule has 2 aromatic carbocycles. The largest absolute Gasteiger partial charge is 0.350 e. The Balaban J connectivity index is 1.76. The van der Waals surface area contributed by atoms with Crippen LogP contribution in [0.25, 0.3) is 0 Å². The Bertz CT molecular complexity index is 727. The fourth-order valence-corrected chi connectivity index (χ4v) is 3.74. The molecule has 0 spiro atoms. The van der Waals surface area contributed by atoms with Gasteiger partial charge in [0.05, 0.1) is 6.04 Å². The van der Waals surface area contributed by atoms with E-state index in [-0.39, 0.29) is 17.8 Å². The number of carbonyl (C=O) groups excluding carboxylic acids is 1. The van der Waals surface area contributed by atoms with Crippen molar-refractivity contribution in [2.45, 2.75) is 31.7 Å². The van der Waals surface area contributed by atoms with Crippen LogP contribution in [-0.2, 0) is 0 Å². The third-order valence-electron chi connectivity index (χ3n) is 4.91. The Labute approximate surface area is 159 Å². The summed E-state index contributed by atoms with van der Waals surface area (Å²) in [5.41, 5.74) is 1.50. The number of halogens is 2. The molecule has 0 aliphatic carbocycles. The van der Waals surface area contributed by atoms with Crippen molar-refractivity contribution in [3.8, 4) is 0 Å². The molecule has 0 saturated carbocycles. The van der Waals surface area contributed by atoms with Crippen LogP contribution in [0.5, 0.6) is 0 Å². The molecule has 1 amide bonds. The number of carbonyl (C=O) groups is 1. The van der Waals surface area contributed by atoms with Gasteiger partial charge in [-0.05, 0) is 61.8 Å². The van der Waals surface area contributed by atoms with E-state index in [2.05, 4.69) is 10.2 Å². The number of rotatable bonds is 5. The first-order chi connectivity index (χ1) is 12.6. The van der Waals surface area contributed by atoms with Crippen LogP contribution in [0.15, 0.2) is 48.5 Å². The Hall–Kier alpha value is -1.91. The molecule has 2 aromatic rings. The van der Waals surface area contributed by atoms with Crippen molar-refractivity contribution in [1.82, 2.24) is 10.2 Å². The first-order valence-electron chi connectivity index (χ1n) is 9.17. The Morgan fingerprint density at radius 1 is 1.04 bits per heavy atom. The van der Waals surface area contributed by atoms with Gasteiger partial charge in [-0.3, -0.25) is 9.69 Å². The molecule has 1 fully saturated rings. The van der Waals surface area contributed by atoms with E-state index in [0.717, 1.165) is 36.5 Å². The average molecular weight is 375 g/mol. The predicted molar refractivity (Wildman–Crippen MR) is 103 cm³/mol. The van der Waals surface area contributed by atoms with Crippen LogP contribution in [0, 0.1) is 5.82 Å². The van der Waals surface area contributed by atoms with Crippen molar-refractivity contribution in [1.29, 1.82) is 0 Å². The summed E-state index contributed by atoms with van der Waals surface area (Å²) in [5, 5.41) is 3.72. The van der Waals surface area contributed by atoms with Gasteiger partial charge in [-0.25, -0.2) is 4.39 Å². The van der Waals surface area contributed by atoms with Crippen LogP contribution in [0.1, 0.15) is 47.6 Å². The zero-order valence-corrected chi connectivity index (χ0v) is 15.5. The van der Waals surface area contributed by atoms with Gasteiger partial charge in [0.15, 0.2) is 0 Å². The van der Waals surface area contributed by atoms with Crippen LogP contribution in [0.2, 0.25) is 5.02 Å². The van der Waals surface area contributed by atoms with E-state index in [9.17, 15) is 9.18 Å². The van der Waals surface area contributed by atoms with Crippen LogP contribution < -0.4 is 5.32 Å². The summed E-state index contributed by atoms with van der Waals surface area (Å²) in [4.78, 5) is 14.9. The molecule has 1 N–H and O–H groups in total. The highest BCUT2D eigenvalue weighted by Gasteiger charge is 2.24. The Kier molecular flexibility index (Phi) is 6.64. The highest BCUT2D eigenvalue weighted by Crippen LogP contribution is 2.29. The number of benzene rings is 2. The molecular formula is C21H24ClFN2O. The lowest BCUT2D eigenvalue weighted by atomic mass is 10.0. The summed E-state index contributed by atoms with van der Waals surface area (Å²) in [6.45, 7) is 2.48. The lowest BCUT2D eigenvalue weighted by molar-refractivity contribution is 0.0933. The van der Waals surface area contributed by atoms with Crippen molar-refractivity contribution < 1.29 is 9.18 Å². The van der Waals surface area contributed by atoms with Crippen LogP contribution in [0.4, 0.5) is 4.39 Å². The van der Waals surface area contributed by atoms with E-state index in [1.807, 2.05) is 24.3 Å². The van der Waals surface area contributed by atoms with E-state index in [0.29, 0.717) is 12.1 Å². The van der Waals surface area contributed by atoms with E-state index < -0.39 is 0 Å². The molecule has 5 heteroatoms. The van der Waals surface area contributed by atoms with Crippen molar-refractivity contribution >= 4 is 17.5 Å². The number of hydrogen-bond donors (Lipinski definition) is 1. The summed E-state index contributed by atoms with van der Waals surface area (Å²) in [6.07, 6.45) is 4.81. The lowest BCUT2D eigenvalue weighted by Gasteiger charge is -2.31. The molecule has 26 heavy (non-hydrogen) atoms. The molecule has 138 valence electrons. The molecule has 1 heterocycles. The van der Waals surface area contributed by atoms with E-state index in [4.69, 9.17) is 11.6 Å². The van der Waals surface area contributed by atoms with Crippen LogP contribution >= 0.6 is 11.6 Å². The SMILES string of the molecule is O=C(NC[C@H](c1ccccc1Cl)N1CCCCCC1)c1ccc(F)cc1. The Morgan fingerprint density at radius 2 is 1.69 bits per heavy atom. The highest BCUT2D eigenvalue weighted by molar-refractivity contribution is 6.31. The molecule has 1 saturated heterocycles. The standard InChI is InChI=1S/C21H24ClFN2O/c22-19-8-4-3-7-18(19)20(25-13-5-1-2-6-14-25)15-24-21(26)16-9-11-17(23)12-10-16/h3-4,7-12,20H,1-2,5-6,13-15H2,(H,24,26)/t20-/m1/s1. The molecule has 0 unspecified atom stereocenters. The van der Waals surface area contributed by atoms with Gasteiger partial charge < -0.3 is 5.32 Å². The number of nitrogens with one attached hydrogen (secondary N) is 1. The zero-order chi connectivity index (χ0) is 18.4. The first kappa shape index (κ1) is 18.9. The molecule has 0 radical (unpaired) electrons. The van der Waals surface area contributed by atoms with Gasteiger partial charge in [0.1, 0.15) is 5.82 Å². The predicted octanol–water partition coefficient (Wildman–Crippen LogP) is 4.83. The smallest absolute Gasteiger partial charge is 0.251 e. The maximum atomic E-state index is 13.1. The van der Waals surface area contributed by atoms with Gasteiger partial charge in [0.25, 0.3) is 5.91 Å². The number of nitrogens with zero attached hydrogens (tertiary/aromatic N) is 1. The lowest BCUT2D eigenvalue weighted by Crippen LogP contribution is -2.38. The summed E-state index contributed by atoms with van der Waals surface area (Å²) in [5.74, 6) is -0.545. The molecule has 3 rings (SSSR count). The quantitative estimate of drug-likeness (QED) is 0.813. The second kappa shape index (κ2) is 9.15. The number of amides is 1. The maximum Gasteiger partial charge on any atom is 0.251 e. The minimum absolute atomic E-state index is 0.0335. The highest BCUT2D eigenvalue weighted by atomic mass is 35.5. The van der Waals surface area contributed by atoms with Gasteiger partial charge in [-0.15, -0.1) is 0 Å². The van der Waals surface area contributed by atoms with Crippen LogP contribution in [-0.4, -0.2) is 30.4 Å². The first-order valence-corrected chi connectivity index (χ1v) is 9.55. The summed E-state index contributed by atoms with van der Waals surface area (Å²) in [7, 11) is 0. The van der Waals surface area contributed by atoms with Crippen molar-refractivity contribution in [3.63, 3.8) is 0 Å². The van der Waals surface area contributed by atoms with E-state index in [1.54, 1.807) is 0 Å². The number of hydrogen-bond acceptors (Lipinski definition) is 2. The zero-order valence-electron chi connectivity index (χ0n) is 14.8.